The average molecular weight is 192 g/mol. The van der Waals surface area contributed by atoms with Crippen LogP contribution in [0.4, 0.5) is 0 Å². The number of ether oxygens (including phenoxy) is 2. The van der Waals surface area contributed by atoms with Crippen LogP contribution in [0.5, 0.6) is 5.75 Å². The summed E-state index contributed by atoms with van der Waals surface area (Å²) in [6.07, 6.45) is 2.74. The highest BCUT2D eigenvalue weighted by atomic mass is 16.7. The van der Waals surface area contributed by atoms with Gasteiger partial charge in [0.1, 0.15) is 5.75 Å². The predicted molar refractivity (Wildman–Crippen MR) is 57.5 cm³/mol. The summed E-state index contributed by atoms with van der Waals surface area (Å²) >= 11 is 0. The first kappa shape index (κ1) is 10.8. The van der Waals surface area contributed by atoms with Crippen molar-refractivity contribution in [3.63, 3.8) is 0 Å². The molecule has 0 aliphatic rings. The Morgan fingerprint density at radius 1 is 1.43 bits per heavy atom. The minimum Gasteiger partial charge on any atom is -0.468 e. The van der Waals surface area contributed by atoms with Gasteiger partial charge in [0, 0.05) is 6.61 Å². The van der Waals surface area contributed by atoms with Gasteiger partial charge in [0.2, 0.25) is 0 Å². The topological polar surface area (TPSA) is 18.5 Å². The molecule has 0 N–H and O–H groups in total. The minimum absolute atomic E-state index is 0.314. The van der Waals surface area contributed by atoms with Gasteiger partial charge in [0.05, 0.1) is 0 Å². The highest BCUT2D eigenvalue weighted by Crippen LogP contribution is 2.13. The molecular weight excluding hydrogens is 176 g/mol. The average Bonchev–Trinajstić information content (AvgIpc) is 2.19. The van der Waals surface area contributed by atoms with Gasteiger partial charge in [-0.3, -0.25) is 0 Å². The van der Waals surface area contributed by atoms with E-state index < -0.39 is 0 Å². The molecule has 0 aromatic heterocycles. The highest BCUT2D eigenvalue weighted by Gasteiger charge is 1.94. The first-order valence-electron chi connectivity index (χ1n) is 4.77. The highest BCUT2D eigenvalue weighted by molar-refractivity contribution is 5.29. The summed E-state index contributed by atoms with van der Waals surface area (Å²) < 4.78 is 10.5. The molecule has 0 radical (unpaired) electrons. The van der Waals surface area contributed by atoms with Gasteiger partial charge in [-0.25, -0.2) is 0 Å². The largest absolute Gasteiger partial charge is 0.468 e. The van der Waals surface area contributed by atoms with Gasteiger partial charge in [-0.15, -0.1) is 6.58 Å². The Balaban J connectivity index is 2.50. The molecule has 0 bridgehead atoms. The van der Waals surface area contributed by atoms with E-state index in [1.807, 2.05) is 31.2 Å². The van der Waals surface area contributed by atoms with Gasteiger partial charge in [0.25, 0.3) is 0 Å². The van der Waals surface area contributed by atoms with Crippen LogP contribution in [-0.2, 0) is 11.2 Å². The van der Waals surface area contributed by atoms with Crippen LogP contribution in [0.3, 0.4) is 0 Å². The summed E-state index contributed by atoms with van der Waals surface area (Å²) in [6.45, 7) is 6.62. The molecule has 0 fully saturated rings. The zero-order valence-electron chi connectivity index (χ0n) is 8.53. The van der Waals surface area contributed by atoms with E-state index in [-0.39, 0.29) is 0 Å². The van der Waals surface area contributed by atoms with Crippen molar-refractivity contribution in [2.24, 2.45) is 0 Å². The smallest absolute Gasteiger partial charge is 0.189 e. The molecule has 1 rings (SSSR count). The molecule has 2 nitrogen and oxygen atoms in total. The molecule has 0 atom stereocenters. The van der Waals surface area contributed by atoms with E-state index >= 15 is 0 Å². The fourth-order valence-corrected chi connectivity index (χ4v) is 1.12. The van der Waals surface area contributed by atoms with E-state index in [2.05, 4.69) is 12.6 Å². The lowest BCUT2D eigenvalue weighted by Crippen LogP contribution is -2.02. The van der Waals surface area contributed by atoms with Crippen LogP contribution in [-0.4, -0.2) is 13.4 Å². The van der Waals surface area contributed by atoms with E-state index in [0.29, 0.717) is 13.4 Å². The van der Waals surface area contributed by atoms with E-state index in [4.69, 9.17) is 9.47 Å². The number of hydrogen-bond acceptors (Lipinski definition) is 2. The number of hydrogen-bond donors (Lipinski definition) is 0. The monoisotopic (exact) mass is 192 g/mol. The third-order valence-corrected chi connectivity index (χ3v) is 1.79. The third kappa shape index (κ3) is 3.62. The van der Waals surface area contributed by atoms with Crippen molar-refractivity contribution < 1.29 is 9.47 Å². The minimum atomic E-state index is 0.314. The molecular formula is C12H16O2. The fourth-order valence-electron chi connectivity index (χ4n) is 1.12. The summed E-state index contributed by atoms with van der Waals surface area (Å²) in [6, 6.07) is 7.95. The van der Waals surface area contributed by atoms with Crippen LogP contribution in [0.2, 0.25) is 0 Å². The standard InChI is InChI=1S/C12H16O2/c1-3-6-11-7-5-8-12(9-11)14-10-13-4-2/h3,5,7-9H,1,4,6,10H2,2H3. The van der Waals surface area contributed by atoms with Crippen molar-refractivity contribution in [1.82, 2.24) is 0 Å². The molecule has 0 spiro atoms. The van der Waals surface area contributed by atoms with Crippen molar-refractivity contribution in [2.75, 3.05) is 13.4 Å². The number of allylic oxidation sites excluding steroid dienone is 1. The summed E-state index contributed by atoms with van der Waals surface area (Å²) in [4.78, 5) is 0. The summed E-state index contributed by atoms with van der Waals surface area (Å²) in [5.41, 5.74) is 1.20. The molecule has 0 heterocycles. The molecule has 0 saturated heterocycles. The van der Waals surface area contributed by atoms with Crippen molar-refractivity contribution in [2.45, 2.75) is 13.3 Å². The van der Waals surface area contributed by atoms with Crippen molar-refractivity contribution in [1.29, 1.82) is 0 Å². The van der Waals surface area contributed by atoms with Gasteiger partial charge in [-0.05, 0) is 31.0 Å². The summed E-state index contributed by atoms with van der Waals surface area (Å²) in [5.74, 6) is 0.845. The van der Waals surface area contributed by atoms with E-state index in [1.165, 1.54) is 5.56 Å². The second kappa shape index (κ2) is 6.22. The van der Waals surface area contributed by atoms with Crippen LogP contribution in [0, 0.1) is 0 Å². The third-order valence-electron chi connectivity index (χ3n) is 1.79. The quantitative estimate of drug-likeness (QED) is 0.392. The maximum atomic E-state index is 5.38. The van der Waals surface area contributed by atoms with Crippen LogP contribution in [0.25, 0.3) is 0 Å². The fraction of sp³-hybridized carbons (Fsp3) is 0.333. The number of rotatable bonds is 6. The maximum Gasteiger partial charge on any atom is 0.189 e. The second-order valence-electron chi connectivity index (χ2n) is 2.90. The Hall–Kier alpha value is -1.28. The molecule has 76 valence electrons. The van der Waals surface area contributed by atoms with Gasteiger partial charge in [-0.1, -0.05) is 18.2 Å². The molecule has 0 saturated carbocycles. The van der Waals surface area contributed by atoms with Gasteiger partial charge < -0.3 is 9.47 Å². The van der Waals surface area contributed by atoms with Gasteiger partial charge >= 0.3 is 0 Å². The molecule has 0 aliphatic carbocycles. The van der Waals surface area contributed by atoms with Crippen LogP contribution >= 0.6 is 0 Å². The Morgan fingerprint density at radius 2 is 2.29 bits per heavy atom. The normalized spacial score (nSPS) is 9.79. The molecule has 1 aromatic rings. The Morgan fingerprint density at radius 3 is 3.00 bits per heavy atom. The maximum absolute atomic E-state index is 5.38. The van der Waals surface area contributed by atoms with E-state index in [0.717, 1.165) is 12.2 Å². The van der Waals surface area contributed by atoms with Crippen molar-refractivity contribution in [3.05, 3.63) is 42.5 Å². The lowest BCUT2D eigenvalue weighted by Gasteiger charge is -2.06. The Labute approximate surface area is 85.2 Å². The molecule has 0 aliphatic heterocycles. The lowest BCUT2D eigenvalue weighted by atomic mass is 10.1. The van der Waals surface area contributed by atoms with Crippen molar-refractivity contribution >= 4 is 0 Å². The molecule has 0 unspecified atom stereocenters. The summed E-state index contributed by atoms with van der Waals surface area (Å²) in [5, 5.41) is 0. The lowest BCUT2D eigenvalue weighted by molar-refractivity contribution is 0.0224. The van der Waals surface area contributed by atoms with E-state index in [1.54, 1.807) is 0 Å². The zero-order valence-corrected chi connectivity index (χ0v) is 8.53. The van der Waals surface area contributed by atoms with Crippen LogP contribution in [0.1, 0.15) is 12.5 Å². The van der Waals surface area contributed by atoms with Crippen molar-refractivity contribution in [3.8, 4) is 5.75 Å². The SMILES string of the molecule is C=CCc1cccc(OCOCC)c1. The molecule has 14 heavy (non-hydrogen) atoms. The number of benzene rings is 1. The predicted octanol–water partition coefficient (Wildman–Crippen LogP) is 2.79. The second-order valence-corrected chi connectivity index (χ2v) is 2.90. The van der Waals surface area contributed by atoms with E-state index in [9.17, 15) is 0 Å². The van der Waals surface area contributed by atoms with Crippen LogP contribution in [0.15, 0.2) is 36.9 Å². The molecule has 1 aromatic carbocycles. The summed E-state index contributed by atoms with van der Waals surface area (Å²) in [7, 11) is 0. The van der Waals surface area contributed by atoms with Gasteiger partial charge in [-0.2, -0.15) is 0 Å². The Kier molecular flexibility index (Phi) is 4.79. The molecule has 2 heteroatoms. The first-order chi connectivity index (χ1) is 6.86. The van der Waals surface area contributed by atoms with Crippen LogP contribution < -0.4 is 4.74 Å². The molecule has 0 amide bonds. The van der Waals surface area contributed by atoms with Gasteiger partial charge in [0.15, 0.2) is 6.79 Å². The zero-order chi connectivity index (χ0) is 10.2. The first-order valence-corrected chi connectivity index (χ1v) is 4.77. The Bertz CT molecular complexity index is 281.